The van der Waals surface area contributed by atoms with Crippen molar-refractivity contribution in [1.29, 1.82) is 0 Å². The van der Waals surface area contributed by atoms with Gasteiger partial charge in [0.2, 0.25) is 0 Å². The van der Waals surface area contributed by atoms with E-state index in [0.717, 1.165) is 31.4 Å². The van der Waals surface area contributed by atoms with Crippen LogP contribution in [0.15, 0.2) is 22.8 Å². The van der Waals surface area contributed by atoms with Gasteiger partial charge < -0.3 is 14.5 Å². The summed E-state index contributed by atoms with van der Waals surface area (Å²) in [6.07, 6.45) is 8.88. The van der Waals surface area contributed by atoms with Gasteiger partial charge in [-0.3, -0.25) is 0 Å². The van der Waals surface area contributed by atoms with E-state index >= 15 is 0 Å². The molecule has 1 atom stereocenters. The van der Waals surface area contributed by atoms with Crippen molar-refractivity contribution in [3.63, 3.8) is 0 Å². The molecule has 18 heavy (non-hydrogen) atoms. The van der Waals surface area contributed by atoms with Crippen molar-refractivity contribution < 1.29 is 9.15 Å². The summed E-state index contributed by atoms with van der Waals surface area (Å²) < 4.78 is 11.2. The van der Waals surface area contributed by atoms with Crippen LogP contribution in [0.4, 0.5) is 0 Å². The molecule has 0 saturated heterocycles. The molecule has 102 valence electrons. The number of hydrogen-bond donors (Lipinski definition) is 1. The minimum absolute atomic E-state index is 0.280. The van der Waals surface area contributed by atoms with Crippen LogP contribution in [0.1, 0.15) is 44.8 Å². The molecule has 0 radical (unpaired) electrons. The third kappa shape index (κ3) is 4.83. The van der Waals surface area contributed by atoms with Crippen molar-refractivity contribution >= 4 is 0 Å². The second-order valence-electron chi connectivity index (χ2n) is 5.36. The lowest BCUT2D eigenvalue weighted by Crippen LogP contribution is -2.28. The molecular formula is C15H25NO2. The third-order valence-corrected chi connectivity index (χ3v) is 3.65. The Balaban J connectivity index is 1.53. The average molecular weight is 251 g/mol. The molecule has 1 fully saturated rings. The number of nitrogens with one attached hydrogen (secondary N) is 1. The number of hydrogen-bond acceptors (Lipinski definition) is 3. The molecule has 0 amide bonds. The summed E-state index contributed by atoms with van der Waals surface area (Å²) in [6.45, 7) is 4.74. The van der Waals surface area contributed by atoms with Gasteiger partial charge in [-0.2, -0.15) is 0 Å². The predicted octanol–water partition coefficient (Wildman–Crippen LogP) is 3.35. The van der Waals surface area contributed by atoms with Gasteiger partial charge in [-0.05, 0) is 37.8 Å². The Morgan fingerprint density at radius 2 is 2.22 bits per heavy atom. The molecule has 0 bridgehead atoms. The highest BCUT2D eigenvalue weighted by Gasteiger charge is 2.14. The van der Waals surface area contributed by atoms with Gasteiger partial charge in [-0.25, -0.2) is 0 Å². The lowest BCUT2D eigenvalue weighted by Gasteiger charge is -2.23. The van der Waals surface area contributed by atoms with Gasteiger partial charge in [0.05, 0.1) is 18.9 Å². The van der Waals surface area contributed by atoms with Crippen molar-refractivity contribution in [2.45, 2.75) is 51.7 Å². The van der Waals surface area contributed by atoms with Crippen LogP contribution in [-0.2, 0) is 11.3 Å². The van der Waals surface area contributed by atoms with Crippen molar-refractivity contribution in [2.75, 3.05) is 13.2 Å². The second-order valence-corrected chi connectivity index (χ2v) is 5.36. The Bertz CT molecular complexity index is 304. The van der Waals surface area contributed by atoms with E-state index in [2.05, 4.69) is 12.2 Å². The average Bonchev–Trinajstić information content (AvgIpc) is 2.91. The lowest BCUT2D eigenvalue weighted by molar-refractivity contribution is 0.0311. The summed E-state index contributed by atoms with van der Waals surface area (Å²) in [4.78, 5) is 0. The molecule has 0 aliphatic heterocycles. The molecule has 0 spiro atoms. The van der Waals surface area contributed by atoms with Crippen LogP contribution in [0.2, 0.25) is 0 Å². The monoisotopic (exact) mass is 251 g/mol. The first-order valence-corrected chi connectivity index (χ1v) is 7.19. The minimum atomic E-state index is 0.280. The first-order valence-electron chi connectivity index (χ1n) is 7.19. The summed E-state index contributed by atoms with van der Waals surface area (Å²) in [5.41, 5.74) is 0. The minimum Gasteiger partial charge on any atom is -0.468 e. The van der Waals surface area contributed by atoms with E-state index < -0.39 is 0 Å². The lowest BCUT2D eigenvalue weighted by atomic mass is 9.90. The largest absolute Gasteiger partial charge is 0.468 e. The maximum absolute atomic E-state index is 5.91. The fraction of sp³-hybridized carbons (Fsp3) is 0.733. The third-order valence-electron chi connectivity index (χ3n) is 3.65. The van der Waals surface area contributed by atoms with Crippen LogP contribution in [-0.4, -0.2) is 19.3 Å². The Morgan fingerprint density at radius 3 is 2.94 bits per heavy atom. The van der Waals surface area contributed by atoms with Crippen molar-refractivity contribution in [1.82, 2.24) is 5.32 Å². The molecular weight excluding hydrogens is 226 g/mol. The van der Waals surface area contributed by atoms with Gasteiger partial charge in [0.1, 0.15) is 5.76 Å². The van der Waals surface area contributed by atoms with E-state index in [-0.39, 0.29) is 6.10 Å². The second kappa shape index (κ2) is 7.59. The molecule has 1 aliphatic carbocycles. The van der Waals surface area contributed by atoms with E-state index in [1.807, 2.05) is 12.1 Å². The van der Waals surface area contributed by atoms with E-state index in [0.29, 0.717) is 0 Å². The zero-order valence-electron chi connectivity index (χ0n) is 11.4. The molecule has 1 heterocycles. The van der Waals surface area contributed by atoms with Crippen molar-refractivity contribution in [2.24, 2.45) is 5.92 Å². The van der Waals surface area contributed by atoms with Gasteiger partial charge in [0.25, 0.3) is 0 Å². The van der Waals surface area contributed by atoms with E-state index in [4.69, 9.17) is 9.15 Å². The highest BCUT2D eigenvalue weighted by atomic mass is 16.5. The fourth-order valence-electron chi connectivity index (χ4n) is 2.52. The molecule has 1 aromatic heterocycles. The number of ether oxygens (including phenoxy) is 1. The van der Waals surface area contributed by atoms with Crippen LogP contribution in [0.3, 0.4) is 0 Å². The standard InChI is InChI=1S/C15H25NO2/c1-13(10-16-11-15-8-5-9-17-15)18-12-14-6-3-2-4-7-14/h5,8-9,13-14,16H,2-4,6-7,10-12H2,1H3. The Kier molecular flexibility index (Phi) is 5.75. The van der Waals surface area contributed by atoms with Crippen LogP contribution in [0, 0.1) is 5.92 Å². The number of rotatable bonds is 7. The highest BCUT2D eigenvalue weighted by molar-refractivity contribution is 4.97. The molecule has 3 nitrogen and oxygen atoms in total. The van der Waals surface area contributed by atoms with Gasteiger partial charge >= 0.3 is 0 Å². The van der Waals surface area contributed by atoms with Crippen LogP contribution in [0.5, 0.6) is 0 Å². The van der Waals surface area contributed by atoms with Gasteiger partial charge in [-0.1, -0.05) is 19.3 Å². The van der Waals surface area contributed by atoms with Gasteiger partial charge in [0, 0.05) is 13.2 Å². The number of furan rings is 1. The van der Waals surface area contributed by atoms with E-state index in [9.17, 15) is 0 Å². The Morgan fingerprint density at radius 1 is 1.39 bits per heavy atom. The summed E-state index contributed by atoms with van der Waals surface area (Å²) in [5, 5.41) is 3.36. The summed E-state index contributed by atoms with van der Waals surface area (Å²) in [6, 6.07) is 3.90. The Labute approximate surface area is 110 Å². The smallest absolute Gasteiger partial charge is 0.117 e. The van der Waals surface area contributed by atoms with Crippen LogP contribution >= 0.6 is 0 Å². The van der Waals surface area contributed by atoms with Crippen LogP contribution in [0.25, 0.3) is 0 Å². The summed E-state index contributed by atoms with van der Waals surface area (Å²) >= 11 is 0. The quantitative estimate of drug-likeness (QED) is 0.807. The molecule has 3 heteroatoms. The molecule has 2 rings (SSSR count). The molecule has 1 saturated carbocycles. The van der Waals surface area contributed by atoms with Crippen molar-refractivity contribution in [3.05, 3.63) is 24.2 Å². The Hall–Kier alpha value is -0.800. The molecule has 1 N–H and O–H groups in total. The molecule has 1 aromatic rings. The topological polar surface area (TPSA) is 34.4 Å². The zero-order chi connectivity index (χ0) is 12.6. The van der Waals surface area contributed by atoms with Crippen LogP contribution < -0.4 is 5.32 Å². The normalized spacial score (nSPS) is 18.9. The van der Waals surface area contributed by atoms with E-state index in [1.54, 1.807) is 6.26 Å². The summed E-state index contributed by atoms with van der Waals surface area (Å²) in [5.74, 6) is 1.78. The molecule has 1 unspecified atom stereocenters. The molecule has 1 aliphatic rings. The van der Waals surface area contributed by atoms with Gasteiger partial charge in [-0.15, -0.1) is 0 Å². The zero-order valence-corrected chi connectivity index (χ0v) is 11.4. The maximum atomic E-state index is 5.91. The fourth-order valence-corrected chi connectivity index (χ4v) is 2.52. The first-order chi connectivity index (χ1) is 8.84. The van der Waals surface area contributed by atoms with Gasteiger partial charge in [0.15, 0.2) is 0 Å². The maximum Gasteiger partial charge on any atom is 0.117 e. The molecule has 0 aromatic carbocycles. The summed E-state index contributed by atoms with van der Waals surface area (Å²) in [7, 11) is 0. The van der Waals surface area contributed by atoms with Crippen molar-refractivity contribution in [3.8, 4) is 0 Å². The highest BCUT2D eigenvalue weighted by Crippen LogP contribution is 2.23. The SMILES string of the molecule is CC(CNCc1ccco1)OCC1CCCCC1. The first kappa shape index (κ1) is 13.6. The predicted molar refractivity (Wildman–Crippen MR) is 72.4 cm³/mol. The van der Waals surface area contributed by atoms with E-state index in [1.165, 1.54) is 32.1 Å².